The summed E-state index contributed by atoms with van der Waals surface area (Å²) in [5.74, 6) is 2.08. The standard InChI is InChI=1S/C9H13ClN2.C6H12O/c1-6(2)3-7-4-8(10)5-12-9(7)11;1-6-2-4-7-5-3-6/h4-6H,3H2,1-2H3,(H2,11,12);6H,2-5H2,1H3. The van der Waals surface area contributed by atoms with Gasteiger partial charge in [-0.3, -0.25) is 0 Å². The minimum atomic E-state index is 0.576. The van der Waals surface area contributed by atoms with Crippen LogP contribution in [0.1, 0.15) is 39.2 Å². The number of anilines is 1. The molecule has 4 heteroatoms. The van der Waals surface area contributed by atoms with Crippen LogP contribution < -0.4 is 5.73 Å². The van der Waals surface area contributed by atoms with Crippen LogP contribution in [0.25, 0.3) is 0 Å². The van der Waals surface area contributed by atoms with Crippen molar-refractivity contribution < 1.29 is 4.74 Å². The first kappa shape index (κ1) is 16.3. The largest absolute Gasteiger partial charge is 0.383 e. The molecule has 1 aliphatic rings. The SMILES string of the molecule is CC(C)Cc1cc(Cl)cnc1N.CC1CCOCC1. The van der Waals surface area contributed by atoms with Gasteiger partial charge >= 0.3 is 0 Å². The van der Waals surface area contributed by atoms with Crippen molar-refractivity contribution in [2.45, 2.75) is 40.0 Å². The summed E-state index contributed by atoms with van der Waals surface area (Å²) in [6, 6.07) is 1.88. The maximum Gasteiger partial charge on any atom is 0.126 e. The highest BCUT2D eigenvalue weighted by Crippen LogP contribution is 2.18. The Labute approximate surface area is 121 Å². The molecule has 0 amide bonds. The van der Waals surface area contributed by atoms with E-state index in [9.17, 15) is 0 Å². The minimum absolute atomic E-state index is 0.576. The number of aromatic nitrogens is 1. The monoisotopic (exact) mass is 284 g/mol. The molecule has 0 aliphatic carbocycles. The lowest BCUT2D eigenvalue weighted by Crippen LogP contribution is -2.12. The van der Waals surface area contributed by atoms with Crippen molar-refractivity contribution in [3.05, 3.63) is 22.8 Å². The van der Waals surface area contributed by atoms with Gasteiger partial charge < -0.3 is 10.5 Å². The number of nitrogen functional groups attached to an aromatic ring is 1. The van der Waals surface area contributed by atoms with Crippen LogP contribution in [0, 0.1) is 11.8 Å². The van der Waals surface area contributed by atoms with Gasteiger partial charge in [-0.1, -0.05) is 32.4 Å². The first-order chi connectivity index (χ1) is 8.99. The van der Waals surface area contributed by atoms with Crippen LogP contribution in [0.2, 0.25) is 5.02 Å². The molecule has 2 N–H and O–H groups in total. The average Bonchev–Trinajstić information content (AvgIpc) is 2.35. The number of rotatable bonds is 2. The molecular formula is C15H25ClN2O. The third-order valence-corrected chi connectivity index (χ3v) is 3.31. The summed E-state index contributed by atoms with van der Waals surface area (Å²) in [5, 5.41) is 0.653. The van der Waals surface area contributed by atoms with E-state index in [2.05, 4.69) is 25.8 Å². The van der Waals surface area contributed by atoms with Crippen LogP contribution in [-0.2, 0) is 11.2 Å². The van der Waals surface area contributed by atoms with Gasteiger partial charge in [0.2, 0.25) is 0 Å². The highest BCUT2D eigenvalue weighted by Gasteiger charge is 2.06. The molecule has 2 rings (SSSR count). The Morgan fingerprint density at radius 3 is 2.53 bits per heavy atom. The Hall–Kier alpha value is -0.800. The second-order valence-electron chi connectivity index (χ2n) is 5.59. The van der Waals surface area contributed by atoms with Crippen molar-refractivity contribution in [3.63, 3.8) is 0 Å². The molecule has 1 fully saturated rings. The van der Waals surface area contributed by atoms with Gasteiger partial charge in [0.05, 0.1) is 5.02 Å². The highest BCUT2D eigenvalue weighted by atomic mass is 35.5. The molecule has 108 valence electrons. The number of hydrogen-bond donors (Lipinski definition) is 1. The number of hydrogen-bond acceptors (Lipinski definition) is 3. The summed E-state index contributed by atoms with van der Waals surface area (Å²) in [5.41, 5.74) is 6.71. The molecule has 2 heterocycles. The van der Waals surface area contributed by atoms with Crippen LogP contribution in [0.4, 0.5) is 5.82 Å². The molecule has 1 aromatic rings. The maximum atomic E-state index is 5.78. The van der Waals surface area contributed by atoms with Crippen molar-refractivity contribution in [1.82, 2.24) is 4.98 Å². The molecule has 1 aliphatic heterocycles. The fourth-order valence-corrected chi connectivity index (χ4v) is 2.09. The molecular weight excluding hydrogens is 260 g/mol. The van der Waals surface area contributed by atoms with Gasteiger partial charge in [-0.05, 0) is 42.7 Å². The van der Waals surface area contributed by atoms with Crippen molar-refractivity contribution in [2.24, 2.45) is 11.8 Å². The highest BCUT2D eigenvalue weighted by molar-refractivity contribution is 6.30. The summed E-state index contributed by atoms with van der Waals surface area (Å²) in [4.78, 5) is 3.98. The van der Waals surface area contributed by atoms with Gasteiger partial charge in [-0.2, -0.15) is 0 Å². The minimum Gasteiger partial charge on any atom is -0.383 e. The summed E-state index contributed by atoms with van der Waals surface area (Å²) in [7, 11) is 0. The molecule has 0 unspecified atom stereocenters. The molecule has 0 aromatic carbocycles. The average molecular weight is 285 g/mol. The summed E-state index contributed by atoms with van der Waals surface area (Å²) in [6.45, 7) is 8.53. The zero-order valence-corrected chi connectivity index (χ0v) is 12.9. The quantitative estimate of drug-likeness (QED) is 0.894. The molecule has 19 heavy (non-hydrogen) atoms. The van der Waals surface area contributed by atoms with Crippen LogP contribution in [-0.4, -0.2) is 18.2 Å². The lowest BCUT2D eigenvalue weighted by atomic mass is 10.0. The Kier molecular flexibility index (Phi) is 7.17. The third-order valence-electron chi connectivity index (χ3n) is 3.11. The number of nitrogens with zero attached hydrogens (tertiary/aromatic N) is 1. The Balaban J connectivity index is 0.000000218. The van der Waals surface area contributed by atoms with Gasteiger partial charge in [-0.15, -0.1) is 0 Å². The first-order valence-electron chi connectivity index (χ1n) is 6.96. The number of ether oxygens (including phenoxy) is 1. The maximum absolute atomic E-state index is 5.78. The van der Waals surface area contributed by atoms with Crippen LogP contribution >= 0.6 is 11.6 Å². The zero-order chi connectivity index (χ0) is 14.3. The van der Waals surface area contributed by atoms with Gasteiger partial charge in [0.1, 0.15) is 5.82 Å². The van der Waals surface area contributed by atoms with Crippen molar-refractivity contribution in [3.8, 4) is 0 Å². The molecule has 0 spiro atoms. The number of nitrogens with two attached hydrogens (primary N) is 1. The van der Waals surface area contributed by atoms with E-state index in [1.165, 1.54) is 12.8 Å². The van der Waals surface area contributed by atoms with Crippen molar-refractivity contribution >= 4 is 17.4 Å². The van der Waals surface area contributed by atoms with E-state index >= 15 is 0 Å². The van der Waals surface area contributed by atoms with Gasteiger partial charge in [0, 0.05) is 19.4 Å². The predicted molar refractivity (Wildman–Crippen MR) is 81.4 cm³/mol. The van der Waals surface area contributed by atoms with E-state index < -0.39 is 0 Å². The number of pyridine rings is 1. The second-order valence-corrected chi connectivity index (χ2v) is 6.03. The zero-order valence-electron chi connectivity index (χ0n) is 12.2. The van der Waals surface area contributed by atoms with Crippen LogP contribution in [0.3, 0.4) is 0 Å². The molecule has 1 saturated heterocycles. The van der Waals surface area contributed by atoms with E-state index in [1.54, 1.807) is 6.20 Å². The normalized spacial score (nSPS) is 16.1. The van der Waals surface area contributed by atoms with Crippen LogP contribution in [0.15, 0.2) is 12.3 Å². The van der Waals surface area contributed by atoms with Gasteiger partial charge in [0.25, 0.3) is 0 Å². The molecule has 0 atom stereocenters. The predicted octanol–water partition coefficient (Wildman–Crippen LogP) is 3.95. The smallest absolute Gasteiger partial charge is 0.126 e. The van der Waals surface area contributed by atoms with E-state index in [1.807, 2.05) is 6.07 Å². The fraction of sp³-hybridized carbons (Fsp3) is 0.667. The van der Waals surface area contributed by atoms with Crippen molar-refractivity contribution in [1.29, 1.82) is 0 Å². The number of halogens is 1. The molecule has 0 saturated carbocycles. The Morgan fingerprint density at radius 1 is 1.42 bits per heavy atom. The summed E-state index contributed by atoms with van der Waals surface area (Å²) in [6.07, 6.45) is 5.03. The summed E-state index contributed by atoms with van der Waals surface area (Å²) < 4.78 is 5.14. The van der Waals surface area contributed by atoms with Gasteiger partial charge in [-0.25, -0.2) is 4.98 Å². The van der Waals surface area contributed by atoms with Gasteiger partial charge in [0.15, 0.2) is 0 Å². The third kappa shape index (κ3) is 6.79. The topological polar surface area (TPSA) is 48.1 Å². The van der Waals surface area contributed by atoms with Crippen molar-refractivity contribution in [2.75, 3.05) is 18.9 Å². The van der Waals surface area contributed by atoms with E-state index in [0.717, 1.165) is 31.1 Å². The summed E-state index contributed by atoms with van der Waals surface area (Å²) >= 11 is 5.78. The Morgan fingerprint density at radius 2 is 2.05 bits per heavy atom. The fourth-order valence-electron chi connectivity index (χ4n) is 1.91. The van der Waals surface area contributed by atoms with E-state index in [4.69, 9.17) is 22.1 Å². The van der Waals surface area contributed by atoms with E-state index in [-0.39, 0.29) is 0 Å². The lowest BCUT2D eigenvalue weighted by Gasteiger charge is -2.16. The van der Waals surface area contributed by atoms with E-state index in [0.29, 0.717) is 16.8 Å². The molecule has 1 aromatic heterocycles. The second kappa shape index (κ2) is 8.39. The Bertz CT molecular complexity index is 376. The molecule has 3 nitrogen and oxygen atoms in total. The first-order valence-corrected chi connectivity index (χ1v) is 7.34. The molecule has 0 bridgehead atoms. The molecule has 0 radical (unpaired) electrons. The lowest BCUT2D eigenvalue weighted by molar-refractivity contribution is 0.0716. The van der Waals surface area contributed by atoms with Crippen LogP contribution in [0.5, 0.6) is 0 Å².